The van der Waals surface area contributed by atoms with Gasteiger partial charge in [-0.15, -0.1) is 0 Å². The predicted octanol–water partition coefficient (Wildman–Crippen LogP) is 1.26. The quantitative estimate of drug-likeness (QED) is 0.731. The van der Waals surface area contributed by atoms with Crippen molar-refractivity contribution in [3.63, 3.8) is 0 Å². The van der Waals surface area contributed by atoms with Gasteiger partial charge >= 0.3 is 0 Å². The zero-order chi connectivity index (χ0) is 12.5. The van der Waals surface area contributed by atoms with Crippen LogP contribution < -0.4 is 5.32 Å². The molecular weight excluding hydrogens is 216 g/mol. The molecule has 17 heavy (non-hydrogen) atoms. The van der Waals surface area contributed by atoms with Crippen LogP contribution in [0.4, 0.5) is 0 Å². The van der Waals surface area contributed by atoms with Gasteiger partial charge < -0.3 is 15.0 Å². The van der Waals surface area contributed by atoms with E-state index in [0.29, 0.717) is 12.3 Å². The van der Waals surface area contributed by atoms with E-state index in [1.165, 1.54) is 6.42 Å². The van der Waals surface area contributed by atoms with Crippen molar-refractivity contribution in [2.75, 3.05) is 39.4 Å². The van der Waals surface area contributed by atoms with E-state index in [0.717, 1.165) is 45.8 Å². The van der Waals surface area contributed by atoms with E-state index >= 15 is 0 Å². The summed E-state index contributed by atoms with van der Waals surface area (Å²) >= 11 is 0. The molecular formula is C13H26N2O2. The number of nitrogens with one attached hydrogen (secondary N) is 1. The molecule has 4 heteroatoms. The van der Waals surface area contributed by atoms with Gasteiger partial charge in [0, 0.05) is 26.1 Å². The minimum Gasteiger partial charge on any atom is -0.381 e. The number of hydrogen-bond donors (Lipinski definition) is 1. The van der Waals surface area contributed by atoms with E-state index in [-0.39, 0.29) is 5.91 Å². The Morgan fingerprint density at radius 1 is 1.41 bits per heavy atom. The first-order chi connectivity index (χ1) is 8.26. The van der Waals surface area contributed by atoms with Gasteiger partial charge in [0.15, 0.2) is 0 Å². The van der Waals surface area contributed by atoms with Crippen LogP contribution in [0.25, 0.3) is 0 Å². The Bertz CT molecular complexity index is 211. The molecule has 0 aromatic heterocycles. The van der Waals surface area contributed by atoms with Crippen molar-refractivity contribution in [1.29, 1.82) is 0 Å². The molecule has 1 aliphatic rings. The summed E-state index contributed by atoms with van der Waals surface area (Å²) in [7, 11) is 0. The van der Waals surface area contributed by atoms with Gasteiger partial charge in [0.1, 0.15) is 0 Å². The number of amides is 1. The average molecular weight is 242 g/mol. The zero-order valence-electron chi connectivity index (χ0n) is 11.2. The molecule has 0 unspecified atom stereocenters. The second kappa shape index (κ2) is 8.48. The van der Waals surface area contributed by atoms with Gasteiger partial charge in [-0.3, -0.25) is 4.79 Å². The van der Waals surface area contributed by atoms with Gasteiger partial charge in [-0.05, 0) is 31.8 Å². The van der Waals surface area contributed by atoms with Crippen molar-refractivity contribution < 1.29 is 9.53 Å². The molecule has 1 aliphatic heterocycles. The van der Waals surface area contributed by atoms with E-state index in [4.69, 9.17) is 4.74 Å². The van der Waals surface area contributed by atoms with Crippen LogP contribution in [0, 0.1) is 5.92 Å². The van der Waals surface area contributed by atoms with Crippen LogP contribution in [-0.4, -0.2) is 50.2 Å². The van der Waals surface area contributed by atoms with E-state index in [2.05, 4.69) is 24.1 Å². The SMILES string of the molecule is CCN(CC)CCC(=O)NC[C@@H]1CCCOC1. The lowest BCUT2D eigenvalue weighted by Gasteiger charge is -2.22. The lowest BCUT2D eigenvalue weighted by Crippen LogP contribution is -2.35. The minimum absolute atomic E-state index is 0.169. The minimum atomic E-state index is 0.169. The van der Waals surface area contributed by atoms with Crippen LogP contribution >= 0.6 is 0 Å². The van der Waals surface area contributed by atoms with Gasteiger partial charge in [0.05, 0.1) is 6.61 Å². The first kappa shape index (κ1) is 14.5. The average Bonchev–Trinajstić information content (AvgIpc) is 2.39. The van der Waals surface area contributed by atoms with Gasteiger partial charge in [0.2, 0.25) is 5.91 Å². The number of rotatable bonds is 7. The molecule has 1 heterocycles. The van der Waals surface area contributed by atoms with Gasteiger partial charge in [-0.2, -0.15) is 0 Å². The molecule has 0 aromatic carbocycles. The number of ether oxygens (including phenoxy) is 1. The Kier molecular flexibility index (Phi) is 7.21. The zero-order valence-corrected chi connectivity index (χ0v) is 11.2. The summed E-state index contributed by atoms with van der Waals surface area (Å²) in [4.78, 5) is 13.9. The van der Waals surface area contributed by atoms with Gasteiger partial charge in [-0.1, -0.05) is 13.8 Å². The molecule has 0 aliphatic carbocycles. The largest absolute Gasteiger partial charge is 0.381 e. The van der Waals surface area contributed by atoms with Crippen LogP contribution in [0.3, 0.4) is 0 Å². The summed E-state index contributed by atoms with van der Waals surface area (Å²) in [6, 6.07) is 0. The third-order valence-electron chi connectivity index (χ3n) is 3.39. The first-order valence-corrected chi connectivity index (χ1v) is 6.83. The Balaban J connectivity index is 2.07. The fourth-order valence-corrected chi connectivity index (χ4v) is 2.11. The summed E-state index contributed by atoms with van der Waals surface area (Å²) in [5.74, 6) is 0.684. The smallest absolute Gasteiger partial charge is 0.221 e. The summed E-state index contributed by atoms with van der Waals surface area (Å²) in [6.45, 7) is 9.60. The third kappa shape index (κ3) is 6.03. The molecule has 0 radical (unpaired) electrons. The molecule has 1 saturated heterocycles. The second-order valence-corrected chi connectivity index (χ2v) is 4.66. The Morgan fingerprint density at radius 2 is 2.18 bits per heavy atom. The number of carbonyl (C=O) groups is 1. The molecule has 1 fully saturated rings. The maximum Gasteiger partial charge on any atom is 0.221 e. The Hall–Kier alpha value is -0.610. The van der Waals surface area contributed by atoms with Crippen molar-refractivity contribution >= 4 is 5.91 Å². The fraction of sp³-hybridized carbons (Fsp3) is 0.923. The lowest BCUT2D eigenvalue weighted by atomic mass is 10.0. The van der Waals surface area contributed by atoms with Gasteiger partial charge in [0.25, 0.3) is 0 Å². The summed E-state index contributed by atoms with van der Waals surface area (Å²) in [6.07, 6.45) is 2.91. The molecule has 0 spiro atoms. The van der Waals surface area contributed by atoms with E-state index in [1.54, 1.807) is 0 Å². The Labute approximate surface area is 105 Å². The molecule has 100 valence electrons. The first-order valence-electron chi connectivity index (χ1n) is 6.83. The molecule has 0 saturated carbocycles. The summed E-state index contributed by atoms with van der Waals surface area (Å²) in [5, 5.41) is 3.01. The van der Waals surface area contributed by atoms with Crippen LogP contribution in [0.15, 0.2) is 0 Å². The summed E-state index contributed by atoms with van der Waals surface area (Å²) in [5.41, 5.74) is 0. The highest BCUT2D eigenvalue weighted by Gasteiger charge is 2.14. The van der Waals surface area contributed by atoms with Crippen LogP contribution in [-0.2, 0) is 9.53 Å². The van der Waals surface area contributed by atoms with Crippen molar-refractivity contribution in [3.05, 3.63) is 0 Å². The summed E-state index contributed by atoms with van der Waals surface area (Å²) < 4.78 is 5.39. The molecule has 0 aromatic rings. The number of carbonyl (C=O) groups excluding carboxylic acids is 1. The van der Waals surface area contributed by atoms with Crippen molar-refractivity contribution in [2.45, 2.75) is 33.1 Å². The van der Waals surface area contributed by atoms with E-state index in [1.807, 2.05) is 0 Å². The van der Waals surface area contributed by atoms with Crippen molar-refractivity contribution in [1.82, 2.24) is 10.2 Å². The molecule has 1 N–H and O–H groups in total. The topological polar surface area (TPSA) is 41.6 Å². The van der Waals surface area contributed by atoms with Crippen LogP contribution in [0.2, 0.25) is 0 Å². The van der Waals surface area contributed by atoms with Crippen LogP contribution in [0.1, 0.15) is 33.1 Å². The molecule has 4 nitrogen and oxygen atoms in total. The predicted molar refractivity (Wildman–Crippen MR) is 69.0 cm³/mol. The van der Waals surface area contributed by atoms with Gasteiger partial charge in [-0.25, -0.2) is 0 Å². The highest BCUT2D eigenvalue weighted by Crippen LogP contribution is 2.12. The Morgan fingerprint density at radius 3 is 2.76 bits per heavy atom. The molecule has 1 amide bonds. The highest BCUT2D eigenvalue weighted by atomic mass is 16.5. The monoisotopic (exact) mass is 242 g/mol. The second-order valence-electron chi connectivity index (χ2n) is 4.66. The lowest BCUT2D eigenvalue weighted by molar-refractivity contribution is -0.121. The third-order valence-corrected chi connectivity index (χ3v) is 3.39. The molecule has 0 bridgehead atoms. The normalized spacial score (nSPS) is 20.5. The standard InChI is InChI=1S/C13H26N2O2/c1-3-15(4-2)8-7-13(16)14-10-12-6-5-9-17-11-12/h12H,3-11H2,1-2H3,(H,14,16)/t12-/m0/s1. The van der Waals surface area contributed by atoms with Crippen molar-refractivity contribution in [3.8, 4) is 0 Å². The molecule has 1 rings (SSSR count). The van der Waals surface area contributed by atoms with Crippen molar-refractivity contribution in [2.24, 2.45) is 5.92 Å². The number of nitrogens with zero attached hydrogens (tertiary/aromatic N) is 1. The van der Waals surface area contributed by atoms with E-state index < -0.39 is 0 Å². The maximum absolute atomic E-state index is 11.6. The number of hydrogen-bond acceptors (Lipinski definition) is 3. The fourth-order valence-electron chi connectivity index (χ4n) is 2.11. The highest BCUT2D eigenvalue weighted by molar-refractivity contribution is 5.76. The van der Waals surface area contributed by atoms with E-state index in [9.17, 15) is 4.79 Å². The molecule has 1 atom stereocenters. The van der Waals surface area contributed by atoms with Crippen LogP contribution in [0.5, 0.6) is 0 Å². The maximum atomic E-state index is 11.6.